The second kappa shape index (κ2) is 6.34. The summed E-state index contributed by atoms with van der Waals surface area (Å²) in [5, 5.41) is 0.319. The molecule has 23 heavy (non-hydrogen) atoms. The smallest absolute Gasteiger partial charge is 0.124 e. The van der Waals surface area contributed by atoms with Crippen molar-refractivity contribution in [2.45, 2.75) is 25.7 Å². The number of rotatable bonds is 4. The van der Waals surface area contributed by atoms with Gasteiger partial charge < -0.3 is 4.57 Å². The van der Waals surface area contributed by atoms with E-state index in [9.17, 15) is 0 Å². The van der Waals surface area contributed by atoms with Crippen LogP contribution in [0.25, 0.3) is 11.0 Å². The monoisotopic (exact) mass is 337 g/mol. The van der Waals surface area contributed by atoms with Gasteiger partial charge in [0.05, 0.1) is 28.5 Å². The Morgan fingerprint density at radius 1 is 1.13 bits per heavy atom. The molecule has 3 aromatic rings. The first-order valence-corrected chi connectivity index (χ1v) is 7.32. The Labute approximate surface area is 158 Å². The van der Waals surface area contributed by atoms with Gasteiger partial charge in [-0.15, -0.1) is 0 Å². The Kier molecular flexibility index (Phi) is 1.81. The Balaban J connectivity index is 2.06. The SMILES string of the molecule is [2H]c1c([2H])c([2H])c2c(nc(C([2H])([2H])N3CC([2H])([2H])C([2H])([2H])C3)n2C([2H])([2H])c2ccc(Cl)cc2)c1[2H]. The van der Waals surface area contributed by atoms with E-state index in [4.69, 9.17) is 28.1 Å². The summed E-state index contributed by atoms with van der Waals surface area (Å²) >= 11 is 5.93. The Morgan fingerprint density at radius 3 is 2.65 bits per heavy atom. The molecule has 0 saturated carbocycles. The van der Waals surface area contributed by atoms with Gasteiger partial charge in [0.1, 0.15) is 5.82 Å². The molecule has 2 heterocycles. The van der Waals surface area contributed by atoms with Crippen molar-refractivity contribution in [1.29, 1.82) is 0 Å². The number of likely N-dealkylation sites (tertiary alicyclic amines) is 1. The molecule has 0 bridgehead atoms. The standard InChI is InChI=1S/C19H20ClN3/c20-16-9-7-15(8-10-16)13-23-18-6-2-1-5-17(18)21-19(23)14-22-11-3-4-12-22/h1-2,5-10H,3-4,11-14H2/i1D,2D,3D2,4D2,5D,6D,13D2,14D2. The molecule has 1 aromatic heterocycles. The molecule has 0 radical (unpaired) electrons. The van der Waals surface area contributed by atoms with Crippen molar-refractivity contribution in [3.05, 3.63) is 64.8 Å². The van der Waals surface area contributed by atoms with Crippen LogP contribution in [0.5, 0.6) is 0 Å². The highest BCUT2D eigenvalue weighted by Crippen LogP contribution is 2.21. The Morgan fingerprint density at radius 2 is 1.87 bits per heavy atom. The Hall–Kier alpha value is -1.84. The van der Waals surface area contributed by atoms with E-state index in [1.807, 2.05) is 0 Å². The van der Waals surface area contributed by atoms with Crippen molar-refractivity contribution in [2.24, 2.45) is 0 Å². The van der Waals surface area contributed by atoms with Crippen LogP contribution < -0.4 is 0 Å². The summed E-state index contributed by atoms with van der Waals surface area (Å²) in [6, 6.07) is 3.05. The van der Waals surface area contributed by atoms with Crippen LogP contribution in [0.15, 0.2) is 48.4 Å². The van der Waals surface area contributed by atoms with Crippen molar-refractivity contribution in [1.82, 2.24) is 14.5 Å². The summed E-state index contributed by atoms with van der Waals surface area (Å²) < 4.78 is 101. The second-order valence-corrected chi connectivity index (χ2v) is 5.34. The van der Waals surface area contributed by atoms with Crippen LogP contribution in [0.2, 0.25) is 5.02 Å². The van der Waals surface area contributed by atoms with Crippen LogP contribution in [0, 0.1) is 0 Å². The molecule has 1 aliphatic heterocycles. The summed E-state index contributed by atoms with van der Waals surface area (Å²) in [6.45, 7) is -6.65. The first-order valence-electron chi connectivity index (χ1n) is 12.9. The first-order chi connectivity index (χ1) is 15.9. The molecule has 3 nitrogen and oxygen atoms in total. The summed E-state index contributed by atoms with van der Waals surface area (Å²) in [4.78, 5) is 4.98. The van der Waals surface area contributed by atoms with Gasteiger partial charge in [-0.3, -0.25) is 4.90 Å². The Bertz CT molecular complexity index is 1300. The molecular formula is C19H20ClN3. The van der Waals surface area contributed by atoms with E-state index in [0.29, 0.717) is 5.02 Å². The predicted molar refractivity (Wildman–Crippen MR) is 94.8 cm³/mol. The van der Waals surface area contributed by atoms with Gasteiger partial charge >= 0.3 is 0 Å². The maximum absolute atomic E-state index is 8.88. The normalized spacial score (nSPS) is 28.7. The van der Waals surface area contributed by atoms with Crippen molar-refractivity contribution in [3.63, 3.8) is 0 Å². The summed E-state index contributed by atoms with van der Waals surface area (Å²) in [5.41, 5.74) is -0.740. The number of aromatic nitrogens is 2. The van der Waals surface area contributed by atoms with E-state index < -0.39 is 68.8 Å². The lowest BCUT2D eigenvalue weighted by molar-refractivity contribution is 0.318. The van der Waals surface area contributed by atoms with E-state index in [2.05, 4.69) is 4.98 Å². The van der Waals surface area contributed by atoms with Gasteiger partial charge in [-0.25, -0.2) is 4.98 Å². The fraction of sp³-hybridized carbons (Fsp3) is 0.316. The molecule has 0 spiro atoms. The average Bonchev–Trinajstić information content (AvgIpc) is 3.27. The lowest BCUT2D eigenvalue weighted by Gasteiger charge is -2.16. The molecule has 0 atom stereocenters. The van der Waals surface area contributed by atoms with Gasteiger partial charge in [-0.1, -0.05) is 35.8 Å². The molecule has 118 valence electrons. The topological polar surface area (TPSA) is 21.1 Å². The van der Waals surface area contributed by atoms with Crippen LogP contribution in [-0.4, -0.2) is 27.5 Å². The minimum absolute atomic E-state index is 0.00209. The van der Waals surface area contributed by atoms with E-state index in [1.165, 1.54) is 24.3 Å². The molecule has 1 aliphatic rings. The number of benzene rings is 2. The molecule has 2 aromatic carbocycles. The largest absolute Gasteiger partial charge is 0.322 e. The fourth-order valence-corrected chi connectivity index (χ4v) is 2.35. The third-order valence-electron chi connectivity index (χ3n) is 3.31. The molecular weight excluding hydrogens is 306 g/mol. The highest BCUT2D eigenvalue weighted by Gasteiger charge is 2.17. The quantitative estimate of drug-likeness (QED) is 0.706. The van der Waals surface area contributed by atoms with E-state index >= 15 is 0 Å². The van der Waals surface area contributed by atoms with Gasteiger partial charge in [0.15, 0.2) is 0 Å². The molecule has 0 amide bonds. The van der Waals surface area contributed by atoms with Crippen LogP contribution >= 0.6 is 11.6 Å². The maximum Gasteiger partial charge on any atom is 0.124 e. The zero-order valence-electron chi connectivity index (χ0n) is 23.9. The number of hydrogen-bond donors (Lipinski definition) is 0. The van der Waals surface area contributed by atoms with Crippen LogP contribution in [-0.2, 0) is 13.0 Å². The van der Waals surface area contributed by atoms with Crippen LogP contribution in [0.4, 0.5) is 0 Å². The van der Waals surface area contributed by atoms with E-state index in [0.717, 1.165) is 9.47 Å². The van der Waals surface area contributed by atoms with E-state index in [1.54, 1.807) is 0 Å². The average molecular weight is 338 g/mol. The van der Waals surface area contributed by atoms with Crippen LogP contribution in [0.1, 0.15) is 40.6 Å². The number of fused-ring (bicyclic) bond motifs is 1. The molecule has 1 fully saturated rings. The van der Waals surface area contributed by atoms with Crippen molar-refractivity contribution < 1.29 is 16.4 Å². The van der Waals surface area contributed by atoms with Crippen molar-refractivity contribution in [3.8, 4) is 0 Å². The van der Waals surface area contributed by atoms with Crippen molar-refractivity contribution >= 4 is 22.6 Å². The number of imidazole rings is 1. The zero-order chi connectivity index (χ0) is 26.3. The lowest BCUT2D eigenvalue weighted by atomic mass is 10.2. The summed E-state index contributed by atoms with van der Waals surface area (Å²) in [6.07, 6.45) is -4.81. The molecule has 0 N–H and O–H groups in total. The van der Waals surface area contributed by atoms with Crippen molar-refractivity contribution in [2.75, 3.05) is 13.1 Å². The second-order valence-electron chi connectivity index (χ2n) is 4.91. The number of nitrogens with zero attached hydrogens (tertiary/aromatic N) is 3. The predicted octanol–water partition coefficient (Wildman–Crippen LogP) is 4.33. The lowest BCUT2D eigenvalue weighted by Crippen LogP contribution is -2.21. The number of hydrogen-bond acceptors (Lipinski definition) is 2. The molecule has 0 unspecified atom stereocenters. The molecule has 1 saturated heterocycles. The number of para-hydroxylation sites is 2. The minimum Gasteiger partial charge on any atom is -0.322 e. The fourth-order valence-electron chi connectivity index (χ4n) is 2.22. The highest BCUT2D eigenvalue weighted by atomic mass is 35.5. The highest BCUT2D eigenvalue weighted by molar-refractivity contribution is 6.30. The van der Waals surface area contributed by atoms with E-state index in [-0.39, 0.29) is 16.6 Å². The molecule has 0 aliphatic carbocycles. The van der Waals surface area contributed by atoms with Gasteiger partial charge in [-0.05, 0) is 55.6 Å². The van der Waals surface area contributed by atoms with Crippen LogP contribution in [0.3, 0.4) is 0 Å². The third-order valence-corrected chi connectivity index (χ3v) is 3.56. The molecule has 4 rings (SSSR count). The summed E-state index contributed by atoms with van der Waals surface area (Å²) in [5.74, 6) is -0.645. The third kappa shape index (κ3) is 3.12. The number of halogens is 1. The van der Waals surface area contributed by atoms with Gasteiger partial charge in [0.2, 0.25) is 0 Å². The zero-order valence-corrected chi connectivity index (χ0v) is 12.7. The molecule has 4 heteroatoms. The summed E-state index contributed by atoms with van der Waals surface area (Å²) in [7, 11) is 0. The minimum atomic E-state index is -2.75. The van der Waals surface area contributed by atoms with Gasteiger partial charge in [-0.2, -0.15) is 0 Å². The first kappa shape index (κ1) is 6.58. The van der Waals surface area contributed by atoms with Gasteiger partial charge in [0.25, 0.3) is 0 Å². The maximum atomic E-state index is 8.88. The van der Waals surface area contributed by atoms with Gasteiger partial charge in [0, 0.05) is 17.0 Å².